The van der Waals surface area contributed by atoms with Crippen molar-refractivity contribution in [1.29, 1.82) is 0 Å². The van der Waals surface area contributed by atoms with Crippen LogP contribution in [0.1, 0.15) is 361 Å². The predicted octanol–water partition coefficient (Wildman–Crippen LogP) is 21.3. The van der Waals surface area contributed by atoms with Gasteiger partial charge in [-0.2, -0.15) is 0 Å². The van der Waals surface area contributed by atoms with Crippen molar-refractivity contribution in [3.8, 4) is 0 Å². The van der Waals surface area contributed by atoms with E-state index in [1.165, 1.54) is 276 Å². The Morgan fingerprint density at radius 2 is 0.654 bits per heavy atom. The van der Waals surface area contributed by atoms with Crippen LogP contribution >= 0.6 is 7.82 Å². The number of quaternary nitrogens is 1. The fourth-order valence-corrected chi connectivity index (χ4v) is 11.2. The van der Waals surface area contributed by atoms with Crippen molar-refractivity contribution >= 4 is 19.8 Å². The molecule has 0 bridgehead atoms. The second-order valence-corrected chi connectivity index (χ2v) is 26.3. The second kappa shape index (κ2) is 60.3. The van der Waals surface area contributed by atoms with E-state index in [4.69, 9.17) is 18.5 Å². The fraction of sp³-hybridized carbons (Fsp3) is 0.941. The Hall–Kier alpha value is -1.25. The fourth-order valence-electron chi connectivity index (χ4n) is 10.5. The van der Waals surface area contributed by atoms with Gasteiger partial charge in [-0.25, -0.2) is 0 Å². The molecule has 9 nitrogen and oxygen atoms in total. The molecule has 78 heavy (non-hydrogen) atoms. The van der Waals surface area contributed by atoms with E-state index in [0.717, 1.165) is 51.4 Å². The summed E-state index contributed by atoms with van der Waals surface area (Å²) in [6.45, 7) is 4.28. The number of carbonyl (C=O) groups excluding carboxylic acids is 2. The smallest absolute Gasteiger partial charge is 0.306 e. The average Bonchev–Trinajstić information content (AvgIpc) is 3.41. The highest BCUT2D eigenvalue weighted by Crippen LogP contribution is 2.38. The number of unbranched alkanes of at least 4 members (excludes halogenated alkanes) is 49. The first-order valence-corrected chi connectivity index (χ1v) is 35.9. The maximum Gasteiger partial charge on any atom is 0.306 e. The Labute approximate surface area is 486 Å². The third kappa shape index (κ3) is 63.9. The standard InChI is InChI=1S/C68H134NO8P/c1-6-8-10-12-14-16-18-20-22-23-24-25-26-27-28-29-30-31-32-33-34-35-36-37-38-39-40-41-42-43-44-45-47-48-50-52-54-56-58-60-67(70)74-64-66(65-76-78(72,73)75-63-62-69(3,4)5)77-68(71)61-59-57-55-53-51-49-46-21-19-17-15-13-11-9-7-2/h21,46,66H,6-20,22-45,47-65H2,1-5H3/b46-21-. The maximum atomic E-state index is 12.8. The third-order valence-electron chi connectivity index (χ3n) is 15.8. The zero-order valence-corrected chi connectivity index (χ0v) is 53.8. The number of hydrogen-bond donors (Lipinski definition) is 0. The summed E-state index contributed by atoms with van der Waals surface area (Å²) in [6.07, 6.45) is 73.3. The van der Waals surface area contributed by atoms with Crippen LogP contribution in [0.5, 0.6) is 0 Å². The minimum atomic E-state index is -4.63. The lowest BCUT2D eigenvalue weighted by atomic mass is 10.0. The number of ether oxygens (including phenoxy) is 2. The topological polar surface area (TPSA) is 111 Å². The second-order valence-electron chi connectivity index (χ2n) is 24.9. The molecule has 464 valence electrons. The highest BCUT2D eigenvalue weighted by molar-refractivity contribution is 7.45. The highest BCUT2D eigenvalue weighted by atomic mass is 31.2. The zero-order chi connectivity index (χ0) is 57.0. The van der Waals surface area contributed by atoms with Crippen molar-refractivity contribution in [3.05, 3.63) is 12.2 Å². The Morgan fingerprint density at radius 3 is 0.949 bits per heavy atom. The largest absolute Gasteiger partial charge is 0.756 e. The molecule has 0 aliphatic rings. The number of hydrogen-bond acceptors (Lipinski definition) is 8. The van der Waals surface area contributed by atoms with E-state index in [9.17, 15) is 19.0 Å². The number of rotatable bonds is 65. The summed E-state index contributed by atoms with van der Waals surface area (Å²) in [5.74, 6) is -0.824. The molecule has 2 unspecified atom stereocenters. The Balaban J connectivity index is 3.82. The van der Waals surface area contributed by atoms with Crippen LogP contribution in [-0.4, -0.2) is 70.0 Å². The summed E-state index contributed by atoms with van der Waals surface area (Å²) in [5.41, 5.74) is 0. The minimum absolute atomic E-state index is 0.0288. The number of phosphoric acid groups is 1. The van der Waals surface area contributed by atoms with Crippen molar-refractivity contribution in [2.75, 3.05) is 47.5 Å². The molecule has 0 amide bonds. The maximum absolute atomic E-state index is 12.8. The molecule has 0 aromatic rings. The number of likely N-dealkylation sites (N-methyl/N-ethyl adjacent to an activating group) is 1. The van der Waals surface area contributed by atoms with E-state index in [-0.39, 0.29) is 32.0 Å². The van der Waals surface area contributed by atoms with Gasteiger partial charge in [-0.05, 0) is 38.5 Å². The number of carbonyl (C=O) groups is 2. The number of esters is 2. The van der Waals surface area contributed by atoms with Crippen LogP contribution in [-0.2, 0) is 32.7 Å². The van der Waals surface area contributed by atoms with Crippen LogP contribution in [0.4, 0.5) is 0 Å². The number of allylic oxidation sites excluding steroid dienone is 2. The molecule has 0 saturated carbocycles. The van der Waals surface area contributed by atoms with Crippen molar-refractivity contribution < 1.29 is 42.1 Å². The Bertz CT molecular complexity index is 1320. The monoisotopic (exact) mass is 1120 g/mol. The van der Waals surface area contributed by atoms with Crippen molar-refractivity contribution in [2.45, 2.75) is 367 Å². The summed E-state index contributed by atoms with van der Waals surface area (Å²) in [5, 5.41) is 0. The summed E-state index contributed by atoms with van der Waals surface area (Å²) in [7, 11) is 1.18. The van der Waals surface area contributed by atoms with Gasteiger partial charge in [-0.1, -0.05) is 321 Å². The van der Waals surface area contributed by atoms with Crippen LogP contribution in [0.15, 0.2) is 12.2 Å². The number of nitrogens with zero attached hydrogens (tertiary/aromatic N) is 1. The van der Waals surface area contributed by atoms with Gasteiger partial charge in [-0.15, -0.1) is 0 Å². The SMILES string of the molecule is CCCCCCCC/C=C\CCCCCCCC(=O)OC(COC(=O)CCCCCCCCCCCCCCCCCCCCCCCCCCCCCCCCCCCCCCCCC)COP(=O)([O-])OCC[N+](C)(C)C. The third-order valence-corrected chi connectivity index (χ3v) is 16.7. The van der Waals surface area contributed by atoms with Crippen LogP contribution in [0.3, 0.4) is 0 Å². The molecule has 2 atom stereocenters. The molecule has 0 aromatic carbocycles. The van der Waals surface area contributed by atoms with Gasteiger partial charge in [0.1, 0.15) is 19.8 Å². The lowest BCUT2D eigenvalue weighted by molar-refractivity contribution is -0.870. The molecule has 0 saturated heterocycles. The molecule has 0 aromatic heterocycles. The molecule has 0 aliphatic carbocycles. The summed E-state index contributed by atoms with van der Waals surface area (Å²) in [6, 6.07) is 0. The lowest BCUT2D eigenvalue weighted by Crippen LogP contribution is -2.37. The van der Waals surface area contributed by atoms with Gasteiger partial charge in [-0.3, -0.25) is 14.2 Å². The predicted molar refractivity (Wildman–Crippen MR) is 333 cm³/mol. The van der Waals surface area contributed by atoms with Gasteiger partial charge in [0.05, 0.1) is 27.7 Å². The first-order valence-electron chi connectivity index (χ1n) is 34.4. The molecule has 0 heterocycles. The minimum Gasteiger partial charge on any atom is -0.756 e. The Morgan fingerprint density at radius 1 is 0.385 bits per heavy atom. The van der Waals surface area contributed by atoms with Gasteiger partial charge in [0.15, 0.2) is 6.10 Å². The van der Waals surface area contributed by atoms with Gasteiger partial charge in [0.2, 0.25) is 0 Å². The van der Waals surface area contributed by atoms with E-state index < -0.39 is 26.5 Å². The van der Waals surface area contributed by atoms with Crippen molar-refractivity contribution in [1.82, 2.24) is 0 Å². The van der Waals surface area contributed by atoms with E-state index in [0.29, 0.717) is 17.4 Å². The normalized spacial score (nSPS) is 13.2. The number of phosphoric ester groups is 1. The van der Waals surface area contributed by atoms with Gasteiger partial charge in [0.25, 0.3) is 7.82 Å². The first-order chi connectivity index (χ1) is 38.0. The van der Waals surface area contributed by atoms with Crippen molar-refractivity contribution in [2.24, 2.45) is 0 Å². The summed E-state index contributed by atoms with van der Waals surface area (Å²) in [4.78, 5) is 37.9. The molecular formula is C68H134NO8P. The zero-order valence-electron chi connectivity index (χ0n) is 52.9. The van der Waals surface area contributed by atoms with Crippen LogP contribution in [0, 0.1) is 0 Å². The highest BCUT2D eigenvalue weighted by Gasteiger charge is 2.22. The molecule has 0 spiro atoms. The molecule has 10 heteroatoms. The quantitative estimate of drug-likeness (QED) is 0.0195. The summed E-state index contributed by atoms with van der Waals surface area (Å²) < 4.78 is 34.2. The van der Waals surface area contributed by atoms with Crippen LogP contribution < -0.4 is 4.89 Å². The molecule has 0 N–H and O–H groups in total. The van der Waals surface area contributed by atoms with Gasteiger partial charge >= 0.3 is 11.9 Å². The van der Waals surface area contributed by atoms with E-state index in [1.54, 1.807) is 0 Å². The summed E-state index contributed by atoms with van der Waals surface area (Å²) >= 11 is 0. The van der Waals surface area contributed by atoms with Crippen molar-refractivity contribution in [3.63, 3.8) is 0 Å². The molecular weight excluding hydrogens is 990 g/mol. The lowest BCUT2D eigenvalue weighted by Gasteiger charge is -2.28. The van der Waals surface area contributed by atoms with Crippen LogP contribution in [0.25, 0.3) is 0 Å². The van der Waals surface area contributed by atoms with E-state index in [1.807, 2.05) is 21.1 Å². The van der Waals surface area contributed by atoms with Gasteiger partial charge < -0.3 is 27.9 Å². The molecule has 0 radical (unpaired) electrons. The average molecular weight is 1120 g/mol. The van der Waals surface area contributed by atoms with Crippen LogP contribution in [0.2, 0.25) is 0 Å². The molecule has 0 aliphatic heterocycles. The van der Waals surface area contributed by atoms with E-state index in [2.05, 4.69) is 26.0 Å². The first kappa shape index (κ1) is 76.8. The molecule has 0 fully saturated rings. The Kier molecular flexibility index (Phi) is 59.4. The van der Waals surface area contributed by atoms with Gasteiger partial charge in [0, 0.05) is 12.8 Å². The van der Waals surface area contributed by atoms with E-state index >= 15 is 0 Å². The molecule has 0 rings (SSSR count).